The topological polar surface area (TPSA) is 75.4 Å². The van der Waals surface area contributed by atoms with E-state index in [-0.39, 0.29) is 0 Å². The van der Waals surface area contributed by atoms with E-state index in [0.717, 1.165) is 31.6 Å². The third-order valence-corrected chi connectivity index (χ3v) is 6.53. The molecule has 0 heterocycles. The zero-order valence-corrected chi connectivity index (χ0v) is 14.9. The van der Waals surface area contributed by atoms with Crippen LogP contribution in [0.4, 0.5) is 0 Å². The summed E-state index contributed by atoms with van der Waals surface area (Å²) in [4.78, 5) is 0. The fourth-order valence-electron chi connectivity index (χ4n) is 3.29. The highest BCUT2D eigenvalue weighted by Gasteiger charge is 2.43. The maximum absolute atomic E-state index is 12.6. The summed E-state index contributed by atoms with van der Waals surface area (Å²) in [5.41, 5.74) is 5.62. The van der Waals surface area contributed by atoms with E-state index in [1.54, 1.807) is 4.31 Å². The van der Waals surface area contributed by atoms with Gasteiger partial charge >= 0.3 is 0 Å². The fraction of sp³-hybridized carbons (Fsp3) is 1.00. The normalized spacial score (nSPS) is 27.5. The summed E-state index contributed by atoms with van der Waals surface area (Å²) in [5.74, 6) is 1.01. The highest BCUT2D eigenvalue weighted by Crippen LogP contribution is 2.38. The molecule has 3 N–H and O–H groups in total. The van der Waals surface area contributed by atoms with Gasteiger partial charge in [0, 0.05) is 25.2 Å². The minimum atomic E-state index is -3.46. The molecule has 0 amide bonds. The van der Waals surface area contributed by atoms with Crippen LogP contribution in [0.1, 0.15) is 59.8 Å². The van der Waals surface area contributed by atoms with Crippen LogP contribution >= 0.6 is 0 Å². The molecule has 0 spiro atoms. The molecular formula is C15H33N3O2S. The Bertz CT molecular complexity index is 401. The monoisotopic (exact) mass is 319 g/mol. The van der Waals surface area contributed by atoms with Crippen molar-refractivity contribution in [2.24, 2.45) is 17.6 Å². The summed E-state index contributed by atoms with van der Waals surface area (Å²) in [5, 5.41) is 0. The van der Waals surface area contributed by atoms with Gasteiger partial charge in [0.1, 0.15) is 0 Å². The van der Waals surface area contributed by atoms with Gasteiger partial charge in [-0.2, -0.15) is 12.7 Å². The first kappa shape index (κ1) is 18.9. The van der Waals surface area contributed by atoms with Gasteiger partial charge in [-0.15, -0.1) is 0 Å². The standard InChI is InChI=1S/C15H33N3O2S/c1-5-14-7-9-15(12-16,10-8-14)18(6-2)21(19,20)17-11-13(3)4/h13-14,17H,5-12,16H2,1-4H3. The number of rotatable bonds is 8. The first-order chi connectivity index (χ1) is 9.81. The average Bonchev–Trinajstić information content (AvgIpc) is 2.46. The van der Waals surface area contributed by atoms with Gasteiger partial charge in [-0.05, 0) is 37.5 Å². The van der Waals surface area contributed by atoms with Crippen LogP contribution < -0.4 is 10.5 Å². The lowest BCUT2D eigenvalue weighted by Gasteiger charge is -2.46. The van der Waals surface area contributed by atoms with Gasteiger partial charge in [-0.3, -0.25) is 0 Å². The van der Waals surface area contributed by atoms with Crippen LogP contribution in [-0.2, 0) is 10.2 Å². The van der Waals surface area contributed by atoms with Crippen molar-refractivity contribution in [1.82, 2.24) is 9.03 Å². The third-order valence-electron chi connectivity index (χ3n) is 4.77. The molecule has 0 aromatic carbocycles. The predicted octanol–water partition coefficient (Wildman–Crippen LogP) is 2.10. The van der Waals surface area contributed by atoms with Crippen molar-refractivity contribution >= 4 is 10.2 Å². The van der Waals surface area contributed by atoms with Gasteiger partial charge in [0.15, 0.2) is 0 Å². The summed E-state index contributed by atoms with van der Waals surface area (Å²) in [7, 11) is -3.46. The molecule has 1 aliphatic rings. The lowest BCUT2D eigenvalue weighted by atomic mass is 9.75. The minimum absolute atomic E-state index is 0.295. The van der Waals surface area contributed by atoms with E-state index in [1.807, 2.05) is 20.8 Å². The van der Waals surface area contributed by atoms with Crippen molar-refractivity contribution in [3.8, 4) is 0 Å². The van der Waals surface area contributed by atoms with Crippen LogP contribution in [0.5, 0.6) is 0 Å². The van der Waals surface area contributed by atoms with Gasteiger partial charge in [0.25, 0.3) is 10.2 Å². The first-order valence-electron chi connectivity index (χ1n) is 8.28. The largest absolute Gasteiger partial charge is 0.329 e. The summed E-state index contributed by atoms with van der Waals surface area (Å²) in [6.45, 7) is 9.46. The lowest BCUT2D eigenvalue weighted by Crippen LogP contribution is -2.60. The van der Waals surface area contributed by atoms with Crippen LogP contribution in [0.3, 0.4) is 0 Å². The number of nitrogens with zero attached hydrogens (tertiary/aromatic N) is 1. The van der Waals surface area contributed by atoms with Gasteiger partial charge in [-0.25, -0.2) is 4.72 Å². The van der Waals surface area contributed by atoms with E-state index < -0.39 is 15.7 Å². The quantitative estimate of drug-likeness (QED) is 0.719. The predicted molar refractivity (Wildman–Crippen MR) is 88.2 cm³/mol. The van der Waals surface area contributed by atoms with Crippen LogP contribution in [-0.4, -0.2) is 37.9 Å². The van der Waals surface area contributed by atoms with E-state index in [2.05, 4.69) is 11.6 Å². The molecule has 1 fully saturated rings. The molecule has 1 rings (SSSR count). The molecule has 5 nitrogen and oxygen atoms in total. The number of hydrogen-bond acceptors (Lipinski definition) is 3. The van der Waals surface area contributed by atoms with Crippen molar-refractivity contribution in [2.75, 3.05) is 19.6 Å². The Kier molecular flexibility index (Phi) is 7.10. The molecule has 0 aliphatic heterocycles. The lowest BCUT2D eigenvalue weighted by molar-refractivity contribution is 0.113. The zero-order chi connectivity index (χ0) is 16.1. The van der Waals surface area contributed by atoms with Crippen molar-refractivity contribution < 1.29 is 8.42 Å². The van der Waals surface area contributed by atoms with Crippen molar-refractivity contribution in [3.63, 3.8) is 0 Å². The molecule has 21 heavy (non-hydrogen) atoms. The van der Waals surface area contributed by atoms with Crippen LogP contribution in [0.25, 0.3) is 0 Å². The Labute approximate surface area is 130 Å². The Hall–Kier alpha value is -0.170. The number of nitrogens with one attached hydrogen (secondary N) is 1. The Morgan fingerprint density at radius 2 is 1.86 bits per heavy atom. The second kappa shape index (κ2) is 7.90. The van der Waals surface area contributed by atoms with Crippen LogP contribution in [0.2, 0.25) is 0 Å². The molecule has 0 saturated heterocycles. The van der Waals surface area contributed by atoms with E-state index in [4.69, 9.17) is 5.73 Å². The molecular weight excluding hydrogens is 286 g/mol. The van der Waals surface area contributed by atoms with Gasteiger partial charge < -0.3 is 5.73 Å². The molecule has 0 aromatic heterocycles. The molecule has 126 valence electrons. The van der Waals surface area contributed by atoms with Crippen LogP contribution in [0, 0.1) is 11.8 Å². The Balaban J connectivity index is 2.90. The Morgan fingerprint density at radius 1 is 1.29 bits per heavy atom. The molecule has 0 radical (unpaired) electrons. The van der Waals surface area contributed by atoms with Gasteiger partial charge in [0.05, 0.1) is 0 Å². The van der Waals surface area contributed by atoms with Gasteiger partial charge in [0.2, 0.25) is 0 Å². The first-order valence-corrected chi connectivity index (χ1v) is 9.72. The molecule has 0 atom stereocenters. The Morgan fingerprint density at radius 3 is 2.24 bits per heavy atom. The highest BCUT2D eigenvalue weighted by atomic mass is 32.2. The number of likely N-dealkylation sites (N-methyl/N-ethyl adjacent to an activating group) is 1. The van der Waals surface area contributed by atoms with Crippen LogP contribution in [0.15, 0.2) is 0 Å². The fourth-order valence-corrected chi connectivity index (χ4v) is 5.10. The highest BCUT2D eigenvalue weighted by molar-refractivity contribution is 7.87. The maximum Gasteiger partial charge on any atom is 0.279 e. The van der Waals surface area contributed by atoms with E-state index in [1.165, 1.54) is 6.42 Å². The van der Waals surface area contributed by atoms with Crippen molar-refractivity contribution in [1.29, 1.82) is 0 Å². The zero-order valence-electron chi connectivity index (χ0n) is 14.1. The van der Waals surface area contributed by atoms with E-state index >= 15 is 0 Å². The molecule has 1 aliphatic carbocycles. The molecule has 0 unspecified atom stereocenters. The summed E-state index contributed by atoms with van der Waals surface area (Å²) in [6.07, 6.45) is 5.07. The van der Waals surface area contributed by atoms with Crippen molar-refractivity contribution in [3.05, 3.63) is 0 Å². The minimum Gasteiger partial charge on any atom is -0.329 e. The second-order valence-electron chi connectivity index (χ2n) is 6.69. The molecule has 6 heteroatoms. The number of nitrogens with two attached hydrogens (primary N) is 1. The average molecular weight is 320 g/mol. The van der Waals surface area contributed by atoms with E-state index in [0.29, 0.717) is 25.6 Å². The van der Waals surface area contributed by atoms with Crippen molar-refractivity contribution in [2.45, 2.75) is 65.3 Å². The number of hydrogen-bond donors (Lipinski definition) is 2. The molecule has 0 bridgehead atoms. The molecule has 1 saturated carbocycles. The maximum atomic E-state index is 12.6. The third kappa shape index (κ3) is 4.65. The summed E-state index contributed by atoms with van der Waals surface area (Å²) in [6, 6.07) is 0. The summed E-state index contributed by atoms with van der Waals surface area (Å²) >= 11 is 0. The summed E-state index contributed by atoms with van der Waals surface area (Å²) < 4.78 is 29.6. The smallest absolute Gasteiger partial charge is 0.279 e. The second-order valence-corrected chi connectivity index (χ2v) is 8.37. The SMILES string of the molecule is CCC1CCC(CN)(N(CC)S(=O)(=O)NCC(C)C)CC1. The van der Waals surface area contributed by atoms with Gasteiger partial charge in [-0.1, -0.05) is 34.1 Å². The molecule has 0 aromatic rings. The van der Waals surface area contributed by atoms with E-state index in [9.17, 15) is 8.42 Å².